The summed E-state index contributed by atoms with van der Waals surface area (Å²) in [6.07, 6.45) is 3.25. The van der Waals surface area contributed by atoms with Crippen LogP contribution in [0.15, 0.2) is 22.7 Å². The molecule has 0 aromatic heterocycles. The molecule has 1 aromatic carbocycles. The molecular weight excluding hydrogens is 280 g/mol. The number of benzene rings is 1. The monoisotopic (exact) mass is 296 g/mol. The fraction of sp³-hybridized carbons (Fsp3) is 0.462. The van der Waals surface area contributed by atoms with Crippen molar-refractivity contribution >= 4 is 27.5 Å². The van der Waals surface area contributed by atoms with Gasteiger partial charge in [0.1, 0.15) is 0 Å². The van der Waals surface area contributed by atoms with Gasteiger partial charge in [-0.3, -0.25) is 4.79 Å². The number of amides is 1. The van der Waals surface area contributed by atoms with Gasteiger partial charge in [-0.15, -0.1) is 0 Å². The van der Waals surface area contributed by atoms with E-state index >= 15 is 0 Å². The van der Waals surface area contributed by atoms with E-state index in [2.05, 4.69) is 22.9 Å². The predicted octanol–water partition coefficient (Wildman–Crippen LogP) is 3.05. The lowest BCUT2D eigenvalue weighted by atomic mass is 10.1. The molecule has 1 amide bonds. The van der Waals surface area contributed by atoms with Crippen molar-refractivity contribution in [3.63, 3.8) is 0 Å². The molecule has 2 N–H and O–H groups in total. The molecule has 0 heterocycles. The maximum absolute atomic E-state index is 12.4. The summed E-state index contributed by atoms with van der Waals surface area (Å²) in [6, 6.07) is 5.89. The van der Waals surface area contributed by atoms with Crippen LogP contribution in [0, 0.1) is 0 Å². The van der Waals surface area contributed by atoms with Crippen LogP contribution < -0.4 is 5.73 Å². The molecule has 1 aliphatic carbocycles. The first kappa shape index (κ1) is 12.4. The van der Waals surface area contributed by atoms with Gasteiger partial charge in [-0.25, -0.2) is 0 Å². The first-order chi connectivity index (χ1) is 8.15. The number of carbonyl (C=O) groups excluding carboxylic acids is 1. The number of halogens is 1. The van der Waals surface area contributed by atoms with E-state index in [4.69, 9.17) is 5.73 Å². The van der Waals surface area contributed by atoms with Crippen molar-refractivity contribution in [3.8, 4) is 0 Å². The second-order valence-electron chi connectivity index (χ2n) is 4.44. The molecule has 0 bridgehead atoms. The average molecular weight is 297 g/mol. The SMILES string of the molecule is CCCN(C(=O)c1cccc(N)c1Br)C1CC1. The Morgan fingerprint density at radius 2 is 2.24 bits per heavy atom. The van der Waals surface area contributed by atoms with Crippen molar-refractivity contribution in [2.24, 2.45) is 0 Å². The fourth-order valence-electron chi connectivity index (χ4n) is 1.95. The molecule has 2 rings (SSSR count). The highest BCUT2D eigenvalue weighted by Gasteiger charge is 2.33. The Morgan fingerprint density at radius 1 is 1.53 bits per heavy atom. The lowest BCUT2D eigenvalue weighted by Crippen LogP contribution is -2.34. The summed E-state index contributed by atoms with van der Waals surface area (Å²) in [5, 5.41) is 0. The maximum atomic E-state index is 12.4. The zero-order chi connectivity index (χ0) is 12.4. The molecule has 1 fully saturated rings. The van der Waals surface area contributed by atoms with Crippen LogP contribution in [0.4, 0.5) is 5.69 Å². The highest BCUT2D eigenvalue weighted by atomic mass is 79.9. The molecule has 0 radical (unpaired) electrons. The third-order valence-electron chi connectivity index (χ3n) is 2.97. The number of carbonyl (C=O) groups is 1. The normalized spacial score (nSPS) is 14.7. The molecule has 0 atom stereocenters. The van der Waals surface area contributed by atoms with Crippen LogP contribution in [0.5, 0.6) is 0 Å². The van der Waals surface area contributed by atoms with Gasteiger partial charge in [0.15, 0.2) is 0 Å². The quantitative estimate of drug-likeness (QED) is 0.868. The summed E-state index contributed by atoms with van der Waals surface area (Å²) < 4.78 is 0.715. The molecule has 0 unspecified atom stereocenters. The number of nitrogens with zero attached hydrogens (tertiary/aromatic N) is 1. The van der Waals surface area contributed by atoms with Crippen molar-refractivity contribution in [2.45, 2.75) is 32.2 Å². The predicted molar refractivity (Wildman–Crippen MR) is 72.9 cm³/mol. The van der Waals surface area contributed by atoms with Gasteiger partial charge in [0.25, 0.3) is 5.91 Å². The van der Waals surface area contributed by atoms with E-state index in [-0.39, 0.29) is 5.91 Å². The maximum Gasteiger partial charge on any atom is 0.255 e. The summed E-state index contributed by atoms with van der Waals surface area (Å²) in [5.41, 5.74) is 7.09. The summed E-state index contributed by atoms with van der Waals surface area (Å²) >= 11 is 3.40. The second-order valence-corrected chi connectivity index (χ2v) is 5.23. The van der Waals surface area contributed by atoms with Gasteiger partial charge in [0, 0.05) is 18.3 Å². The molecular formula is C13H17BrN2O. The van der Waals surface area contributed by atoms with Crippen molar-refractivity contribution in [1.82, 2.24) is 4.90 Å². The number of hydrogen-bond donors (Lipinski definition) is 1. The summed E-state index contributed by atoms with van der Waals surface area (Å²) in [6.45, 7) is 2.92. The smallest absolute Gasteiger partial charge is 0.255 e. The standard InChI is InChI=1S/C13H17BrN2O/c1-2-8-16(9-6-7-9)13(17)10-4-3-5-11(15)12(10)14/h3-5,9H,2,6-8,15H2,1H3. The Bertz CT molecular complexity index is 429. The van der Waals surface area contributed by atoms with Gasteiger partial charge < -0.3 is 10.6 Å². The highest BCUT2D eigenvalue weighted by molar-refractivity contribution is 9.10. The van der Waals surface area contributed by atoms with Gasteiger partial charge in [-0.1, -0.05) is 13.0 Å². The van der Waals surface area contributed by atoms with Gasteiger partial charge in [-0.05, 0) is 47.3 Å². The van der Waals surface area contributed by atoms with Crippen LogP contribution >= 0.6 is 15.9 Å². The first-order valence-electron chi connectivity index (χ1n) is 6.00. The Hall–Kier alpha value is -1.03. The first-order valence-corrected chi connectivity index (χ1v) is 6.79. The van der Waals surface area contributed by atoms with Gasteiger partial charge >= 0.3 is 0 Å². The average Bonchev–Trinajstić information content (AvgIpc) is 3.13. The molecule has 3 nitrogen and oxygen atoms in total. The number of nitrogens with two attached hydrogens (primary N) is 1. The van der Waals surface area contributed by atoms with Crippen LogP contribution in [-0.4, -0.2) is 23.4 Å². The topological polar surface area (TPSA) is 46.3 Å². The van der Waals surface area contributed by atoms with Crippen LogP contribution in [-0.2, 0) is 0 Å². The third kappa shape index (κ3) is 2.63. The largest absolute Gasteiger partial charge is 0.398 e. The fourth-order valence-corrected chi connectivity index (χ4v) is 2.38. The molecule has 1 saturated carbocycles. The minimum atomic E-state index is 0.0912. The van der Waals surface area contributed by atoms with Gasteiger partial charge in [0.05, 0.1) is 10.0 Å². The zero-order valence-corrected chi connectivity index (χ0v) is 11.5. The van der Waals surface area contributed by atoms with Crippen molar-refractivity contribution in [1.29, 1.82) is 0 Å². The lowest BCUT2D eigenvalue weighted by molar-refractivity contribution is 0.0742. The van der Waals surface area contributed by atoms with E-state index in [0.717, 1.165) is 25.8 Å². The molecule has 17 heavy (non-hydrogen) atoms. The van der Waals surface area contributed by atoms with Gasteiger partial charge in [0.2, 0.25) is 0 Å². The van der Waals surface area contributed by atoms with E-state index in [1.165, 1.54) is 0 Å². The van der Waals surface area contributed by atoms with E-state index in [1.54, 1.807) is 6.07 Å². The van der Waals surface area contributed by atoms with E-state index < -0.39 is 0 Å². The molecule has 4 heteroatoms. The van der Waals surface area contributed by atoms with E-state index in [1.807, 2.05) is 17.0 Å². The van der Waals surface area contributed by atoms with Gasteiger partial charge in [-0.2, -0.15) is 0 Å². The Kier molecular flexibility index (Phi) is 3.72. The Morgan fingerprint density at radius 3 is 2.82 bits per heavy atom. The Labute approximate surface area is 110 Å². The number of nitrogen functional groups attached to an aromatic ring is 1. The Balaban J connectivity index is 2.25. The number of anilines is 1. The summed E-state index contributed by atoms with van der Waals surface area (Å²) in [4.78, 5) is 14.4. The summed E-state index contributed by atoms with van der Waals surface area (Å²) in [7, 11) is 0. The summed E-state index contributed by atoms with van der Waals surface area (Å²) in [5.74, 6) is 0.0912. The minimum Gasteiger partial charge on any atom is -0.398 e. The third-order valence-corrected chi connectivity index (χ3v) is 3.86. The highest BCUT2D eigenvalue weighted by Crippen LogP contribution is 2.31. The lowest BCUT2D eigenvalue weighted by Gasteiger charge is -2.22. The van der Waals surface area contributed by atoms with Crippen molar-refractivity contribution in [2.75, 3.05) is 12.3 Å². The number of rotatable bonds is 4. The van der Waals surface area contributed by atoms with Crippen LogP contribution in [0.2, 0.25) is 0 Å². The second kappa shape index (κ2) is 5.08. The zero-order valence-electron chi connectivity index (χ0n) is 9.95. The molecule has 0 saturated heterocycles. The van der Waals surface area contributed by atoms with Crippen LogP contribution in [0.25, 0.3) is 0 Å². The van der Waals surface area contributed by atoms with E-state index in [9.17, 15) is 4.79 Å². The minimum absolute atomic E-state index is 0.0912. The molecule has 1 aromatic rings. The van der Waals surface area contributed by atoms with Crippen molar-refractivity contribution in [3.05, 3.63) is 28.2 Å². The number of hydrogen-bond acceptors (Lipinski definition) is 2. The molecule has 0 aliphatic heterocycles. The molecule has 92 valence electrons. The van der Waals surface area contributed by atoms with E-state index in [0.29, 0.717) is 21.8 Å². The van der Waals surface area contributed by atoms with Crippen LogP contribution in [0.3, 0.4) is 0 Å². The molecule has 1 aliphatic rings. The van der Waals surface area contributed by atoms with Crippen molar-refractivity contribution < 1.29 is 4.79 Å². The van der Waals surface area contributed by atoms with Crippen LogP contribution in [0.1, 0.15) is 36.5 Å². The molecule has 0 spiro atoms.